The summed E-state index contributed by atoms with van der Waals surface area (Å²) in [6.07, 6.45) is 6.94. The van der Waals surface area contributed by atoms with E-state index in [1.807, 2.05) is 85.9 Å². The van der Waals surface area contributed by atoms with Crippen molar-refractivity contribution in [1.82, 2.24) is 19.7 Å². The second-order valence-corrected chi connectivity index (χ2v) is 9.23. The summed E-state index contributed by atoms with van der Waals surface area (Å²) in [5, 5.41) is 26.8. The number of nitrogen functional groups attached to an aromatic ring is 2. The zero-order chi connectivity index (χ0) is 32.2. The van der Waals surface area contributed by atoms with E-state index >= 15 is 0 Å². The summed E-state index contributed by atoms with van der Waals surface area (Å²) < 4.78 is 7.03. The second-order valence-electron chi connectivity index (χ2n) is 9.23. The normalized spacial score (nSPS) is 9.87. The van der Waals surface area contributed by atoms with E-state index in [1.165, 1.54) is 10.9 Å². The molecule has 0 radical (unpaired) electrons. The number of nitrogens with one attached hydrogen (secondary N) is 1. The molecule has 11 nitrogen and oxygen atoms in total. The van der Waals surface area contributed by atoms with Gasteiger partial charge in [0.15, 0.2) is 6.29 Å². The minimum absolute atomic E-state index is 0.140. The van der Waals surface area contributed by atoms with Crippen molar-refractivity contribution in [3.63, 3.8) is 0 Å². The van der Waals surface area contributed by atoms with Crippen molar-refractivity contribution in [2.45, 2.75) is 0 Å². The molecule has 6 aromatic rings. The summed E-state index contributed by atoms with van der Waals surface area (Å²) >= 11 is 0. The summed E-state index contributed by atoms with van der Waals surface area (Å²) in [5.41, 5.74) is 14.3. The van der Waals surface area contributed by atoms with Gasteiger partial charge in [-0.1, -0.05) is 49.1 Å². The van der Waals surface area contributed by atoms with E-state index in [0.29, 0.717) is 17.8 Å². The van der Waals surface area contributed by atoms with Crippen LogP contribution >= 0.6 is 0 Å². The Morgan fingerprint density at radius 3 is 2.20 bits per heavy atom. The fraction of sp³-hybridized carbons (Fsp3) is 0.0294. The Bertz CT molecular complexity index is 1930. The topological polar surface area (TPSA) is 178 Å². The van der Waals surface area contributed by atoms with Crippen LogP contribution in [0.4, 0.5) is 17.2 Å². The molecule has 11 heteroatoms. The molecule has 0 bridgehead atoms. The first kappa shape index (κ1) is 31.3. The lowest BCUT2D eigenvalue weighted by Crippen LogP contribution is -2.06. The van der Waals surface area contributed by atoms with Gasteiger partial charge in [0.25, 0.3) is 5.95 Å². The first-order valence-electron chi connectivity index (χ1n) is 13.5. The lowest BCUT2D eigenvalue weighted by Gasteiger charge is -2.06. The molecule has 0 unspecified atom stereocenters. The van der Waals surface area contributed by atoms with Crippen molar-refractivity contribution >= 4 is 40.3 Å². The van der Waals surface area contributed by atoms with Gasteiger partial charge >= 0.3 is 0 Å². The Balaban J connectivity index is 0.000000155. The third-order valence-electron chi connectivity index (χ3n) is 6.38. The number of phenols is 1. The predicted octanol–water partition coefficient (Wildman–Crippen LogP) is 6.22. The molecule has 6 rings (SSSR count). The number of fused-ring (bicyclic) bond motifs is 1. The molecule has 2 aromatic heterocycles. The number of hydrogen-bond acceptors (Lipinski definition) is 10. The number of aldehydes is 1. The van der Waals surface area contributed by atoms with Crippen LogP contribution in [0.2, 0.25) is 0 Å². The lowest BCUT2D eigenvalue weighted by atomic mass is 10.0. The minimum Gasteiger partial charge on any atom is -0.505 e. The Kier molecular flexibility index (Phi) is 10.4. The van der Waals surface area contributed by atoms with E-state index in [1.54, 1.807) is 30.6 Å². The van der Waals surface area contributed by atoms with Gasteiger partial charge < -0.3 is 26.6 Å². The minimum atomic E-state index is -0.140. The molecular weight excluding hydrogens is 568 g/mol. The van der Waals surface area contributed by atoms with Crippen LogP contribution in [0.15, 0.2) is 110 Å². The van der Waals surface area contributed by atoms with Crippen molar-refractivity contribution in [1.29, 1.82) is 5.26 Å². The molecule has 45 heavy (non-hydrogen) atoms. The highest BCUT2D eigenvalue weighted by molar-refractivity contribution is 6.01. The van der Waals surface area contributed by atoms with Gasteiger partial charge in [-0.3, -0.25) is 4.79 Å². The molecule has 0 atom stereocenters. The summed E-state index contributed by atoms with van der Waals surface area (Å²) in [5.74, 6) is 2.12. The fourth-order valence-corrected chi connectivity index (χ4v) is 3.98. The third-order valence-corrected chi connectivity index (χ3v) is 6.38. The molecule has 0 amide bonds. The van der Waals surface area contributed by atoms with Crippen LogP contribution in [0.5, 0.6) is 17.2 Å². The molecule has 6 N–H and O–H groups in total. The largest absolute Gasteiger partial charge is 0.505 e. The Morgan fingerprint density at radius 1 is 0.978 bits per heavy atom. The van der Waals surface area contributed by atoms with Crippen LogP contribution in [0.3, 0.4) is 0 Å². The average molecular weight is 599 g/mol. The van der Waals surface area contributed by atoms with E-state index in [9.17, 15) is 9.90 Å². The van der Waals surface area contributed by atoms with Gasteiger partial charge in [0.2, 0.25) is 0 Å². The zero-order valence-corrected chi connectivity index (χ0v) is 24.3. The highest BCUT2D eigenvalue weighted by atomic mass is 16.5. The molecule has 4 aromatic carbocycles. The average Bonchev–Trinajstić information content (AvgIpc) is 3.48. The van der Waals surface area contributed by atoms with Crippen molar-refractivity contribution < 1.29 is 14.6 Å². The molecular formula is C34H30N8O3. The second kappa shape index (κ2) is 15.0. The SMILES string of the molecule is C=Cc1ccc(Oc2ccc(NC)cc2)cc1.N#Cc1cnn(-c2ncccn2)c1N.Nc1c(O)c(C=O)cc2ccccc12. The maximum absolute atomic E-state index is 10.6. The maximum atomic E-state index is 10.6. The number of phenolic OH excluding ortho intramolecular Hbond substituents is 1. The third kappa shape index (κ3) is 7.79. The number of anilines is 3. The number of benzene rings is 4. The van der Waals surface area contributed by atoms with Crippen molar-refractivity contribution in [2.75, 3.05) is 23.8 Å². The fourth-order valence-electron chi connectivity index (χ4n) is 3.98. The number of aromatic hydroxyl groups is 1. The highest BCUT2D eigenvalue weighted by Crippen LogP contribution is 2.32. The van der Waals surface area contributed by atoms with Gasteiger partial charge in [-0.15, -0.1) is 0 Å². The number of nitriles is 1. The van der Waals surface area contributed by atoms with Crippen LogP contribution in [0.1, 0.15) is 21.5 Å². The first-order chi connectivity index (χ1) is 21.9. The van der Waals surface area contributed by atoms with Crippen LogP contribution in [-0.2, 0) is 0 Å². The number of carbonyl (C=O) groups excluding carboxylic acids is 1. The van der Waals surface area contributed by atoms with Gasteiger partial charge in [0, 0.05) is 30.5 Å². The van der Waals surface area contributed by atoms with E-state index in [0.717, 1.165) is 33.5 Å². The van der Waals surface area contributed by atoms with Crippen molar-refractivity contribution in [3.8, 4) is 29.3 Å². The highest BCUT2D eigenvalue weighted by Gasteiger charge is 2.10. The van der Waals surface area contributed by atoms with Gasteiger partial charge in [-0.2, -0.15) is 15.0 Å². The molecule has 0 spiro atoms. The van der Waals surface area contributed by atoms with Crippen LogP contribution in [-0.4, -0.2) is 38.2 Å². The zero-order valence-electron chi connectivity index (χ0n) is 24.3. The molecule has 0 aliphatic heterocycles. The summed E-state index contributed by atoms with van der Waals surface area (Å²) in [6.45, 7) is 3.72. The molecule has 0 aliphatic carbocycles. The number of rotatable bonds is 6. The van der Waals surface area contributed by atoms with E-state index < -0.39 is 0 Å². The Labute approximate surface area is 259 Å². The Hall–Kier alpha value is -6.67. The number of nitrogens with zero attached hydrogens (tertiary/aromatic N) is 5. The molecule has 224 valence electrons. The number of aromatic nitrogens is 4. The van der Waals surface area contributed by atoms with E-state index in [-0.39, 0.29) is 22.8 Å². The maximum Gasteiger partial charge on any atom is 0.252 e. The number of nitrogens with two attached hydrogens (primary N) is 2. The molecule has 0 aliphatic rings. The van der Waals surface area contributed by atoms with Gasteiger partial charge in [0.05, 0.1) is 17.4 Å². The summed E-state index contributed by atoms with van der Waals surface area (Å²) in [7, 11) is 1.89. The number of hydrogen-bond donors (Lipinski definition) is 4. The van der Waals surface area contributed by atoms with Crippen LogP contribution in [0, 0.1) is 11.3 Å². The molecule has 2 heterocycles. The first-order valence-corrected chi connectivity index (χ1v) is 13.5. The number of carbonyl (C=O) groups is 1. The predicted molar refractivity (Wildman–Crippen MR) is 176 cm³/mol. The van der Waals surface area contributed by atoms with Gasteiger partial charge in [-0.05, 0) is 59.5 Å². The molecule has 0 saturated heterocycles. The van der Waals surface area contributed by atoms with E-state index in [4.69, 9.17) is 21.5 Å². The Morgan fingerprint density at radius 2 is 1.62 bits per heavy atom. The number of ether oxygens (including phenoxy) is 1. The van der Waals surface area contributed by atoms with Crippen molar-refractivity contribution in [2.24, 2.45) is 0 Å². The van der Waals surface area contributed by atoms with Gasteiger partial charge in [0.1, 0.15) is 34.7 Å². The van der Waals surface area contributed by atoms with Crippen LogP contribution < -0.4 is 21.5 Å². The molecule has 0 fully saturated rings. The standard InChI is InChI=1S/C15H15NO.C11H9NO2.C8H6N6/c1-3-12-4-8-14(9-5-12)17-15-10-6-13(16-2)7-11-15;12-10-9-4-2-1-3-7(9)5-8(6-13)11(10)14;9-4-6-5-13-14(7(6)10)8-11-2-1-3-12-8/h3-11,16H,1H2,2H3;1-6,14H,12H2;1-3,5H,10H2. The van der Waals surface area contributed by atoms with Crippen molar-refractivity contribution in [3.05, 3.63) is 127 Å². The monoisotopic (exact) mass is 598 g/mol. The summed E-state index contributed by atoms with van der Waals surface area (Å²) in [4.78, 5) is 18.5. The summed E-state index contributed by atoms with van der Waals surface area (Å²) in [6, 6.07) is 28.2. The lowest BCUT2D eigenvalue weighted by molar-refractivity contribution is 0.112. The van der Waals surface area contributed by atoms with E-state index in [2.05, 4.69) is 27.0 Å². The quantitative estimate of drug-likeness (QED) is 0.0977. The van der Waals surface area contributed by atoms with Crippen LogP contribution in [0.25, 0.3) is 22.8 Å². The molecule has 0 saturated carbocycles. The smallest absolute Gasteiger partial charge is 0.252 e. The van der Waals surface area contributed by atoms with Gasteiger partial charge in [-0.25, -0.2) is 9.97 Å².